The second-order valence-corrected chi connectivity index (χ2v) is 7.56. The Morgan fingerprint density at radius 2 is 1.73 bits per heavy atom. The number of carbonyl (C=O) groups is 2. The summed E-state index contributed by atoms with van der Waals surface area (Å²) in [7, 11) is 0. The van der Waals surface area contributed by atoms with Crippen LogP contribution >= 0.6 is 23.4 Å². The minimum absolute atomic E-state index is 0.0764. The van der Waals surface area contributed by atoms with Gasteiger partial charge in [0.05, 0.1) is 22.8 Å². The molecule has 0 saturated heterocycles. The highest BCUT2D eigenvalue weighted by Gasteiger charge is 2.40. The largest absolute Gasteiger partial charge is 0.396 e. The van der Waals surface area contributed by atoms with Gasteiger partial charge in [-0.2, -0.15) is 0 Å². The summed E-state index contributed by atoms with van der Waals surface area (Å²) >= 11 is 7.15. The van der Waals surface area contributed by atoms with Crippen molar-refractivity contribution in [1.29, 1.82) is 0 Å². The molecular weight excluding hydrogens is 370 g/mol. The van der Waals surface area contributed by atoms with Crippen LogP contribution in [-0.4, -0.2) is 29.3 Å². The molecule has 4 nitrogen and oxygen atoms in total. The van der Waals surface area contributed by atoms with Crippen molar-refractivity contribution in [2.45, 2.75) is 13.8 Å². The second kappa shape index (κ2) is 7.66. The summed E-state index contributed by atoms with van der Waals surface area (Å²) in [6.07, 6.45) is 0. The van der Waals surface area contributed by atoms with Gasteiger partial charge in [-0.3, -0.25) is 9.59 Å². The number of halogens is 1. The maximum absolute atomic E-state index is 13.2. The molecule has 0 spiro atoms. The van der Waals surface area contributed by atoms with Crippen molar-refractivity contribution >= 4 is 46.4 Å². The van der Waals surface area contributed by atoms with Crippen LogP contribution in [0.5, 0.6) is 0 Å². The number of anilines is 1. The molecule has 0 saturated carbocycles. The Hall–Kier alpha value is -2.08. The maximum Gasteiger partial charge on any atom is 0.272 e. The van der Waals surface area contributed by atoms with Crippen molar-refractivity contribution in [3.05, 3.63) is 69.1 Å². The van der Waals surface area contributed by atoms with E-state index in [1.165, 1.54) is 16.7 Å². The molecule has 0 fully saturated rings. The van der Waals surface area contributed by atoms with Gasteiger partial charge < -0.3 is 5.11 Å². The summed E-state index contributed by atoms with van der Waals surface area (Å²) in [4.78, 5) is 27.8. The number of hydrogen-bond acceptors (Lipinski definition) is 4. The van der Waals surface area contributed by atoms with Crippen molar-refractivity contribution in [2.75, 3.05) is 17.3 Å². The van der Waals surface area contributed by atoms with E-state index in [0.717, 1.165) is 11.1 Å². The van der Waals surface area contributed by atoms with Gasteiger partial charge >= 0.3 is 0 Å². The molecule has 1 heterocycles. The van der Waals surface area contributed by atoms with Gasteiger partial charge in [0.25, 0.3) is 11.8 Å². The Morgan fingerprint density at radius 3 is 2.38 bits per heavy atom. The molecule has 0 radical (unpaired) electrons. The minimum atomic E-state index is -0.355. The average molecular weight is 388 g/mol. The molecule has 1 aliphatic heterocycles. The van der Waals surface area contributed by atoms with Crippen LogP contribution in [0.3, 0.4) is 0 Å². The van der Waals surface area contributed by atoms with E-state index in [0.29, 0.717) is 32.5 Å². The summed E-state index contributed by atoms with van der Waals surface area (Å²) in [6, 6.07) is 12.5. The van der Waals surface area contributed by atoms with Gasteiger partial charge in [-0.1, -0.05) is 35.9 Å². The number of carbonyl (C=O) groups excluding carboxylic acids is 2. The number of benzene rings is 2. The standard InChI is InChI=1S/C20H18ClNO3S/c1-12-3-4-13(2)16(11-12)22-19(24)17(14-5-7-15(21)8-6-14)18(20(22)25)26-10-9-23/h3-8,11,23H,9-10H2,1-2H3. The molecule has 26 heavy (non-hydrogen) atoms. The highest BCUT2D eigenvalue weighted by molar-refractivity contribution is 8.04. The summed E-state index contributed by atoms with van der Waals surface area (Å²) < 4.78 is 0. The molecule has 0 unspecified atom stereocenters. The first-order chi connectivity index (χ1) is 12.4. The minimum Gasteiger partial charge on any atom is -0.396 e. The molecule has 6 heteroatoms. The first-order valence-corrected chi connectivity index (χ1v) is 9.50. The molecule has 0 aromatic heterocycles. The number of aliphatic hydroxyl groups is 1. The van der Waals surface area contributed by atoms with Crippen molar-refractivity contribution in [2.24, 2.45) is 0 Å². The van der Waals surface area contributed by atoms with Crippen molar-refractivity contribution in [3.63, 3.8) is 0 Å². The van der Waals surface area contributed by atoms with E-state index in [1.807, 2.05) is 32.0 Å². The van der Waals surface area contributed by atoms with E-state index >= 15 is 0 Å². The molecule has 0 bridgehead atoms. The smallest absolute Gasteiger partial charge is 0.272 e. The predicted octanol–water partition coefficient (Wildman–Crippen LogP) is 3.97. The van der Waals surface area contributed by atoms with Crippen LogP contribution in [0.2, 0.25) is 5.02 Å². The Balaban J connectivity index is 2.11. The van der Waals surface area contributed by atoms with Gasteiger partial charge in [-0.15, -0.1) is 11.8 Å². The molecular formula is C20H18ClNO3S. The molecule has 0 atom stereocenters. The Morgan fingerprint density at radius 1 is 1.04 bits per heavy atom. The molecule has 134 valence electrons. The van der Waals surface area contributed by atoms with Crippen LogP contribution in [0.25, 0.3) is 5.57 Å². The third-order valence-electron chi connectivity index (χ3n) is 4.12. The second-order valence-electron chi connectivity index (χ2n) is 6.02. The summed E-state index contributed by atoms with van der Waals surface area (Å²) in [5, 5.41) is 9.72. The van der Waals surface area contributed by atoms with Gasteiger partial charge in [0.1, 0.15) is 0 Å². The van der Waals surface area contributed by atoms with Gasteiger partial charge in [0, 0.05) is 10.8 Å². The fourth-order valence-electron chi connectivity index (χ4n) is 2.84. The summed E-state index contributed by atoms with van der Waals surface area (Å²) in [5.74, 6) is -0.370. The van der Waals surface area contributed by atoms with E-state index in [1.54, 1.807) is 24.3 Å². The van der Waals surface area contributed by atoms with Gasteiger partial charge in [0.15, 0.2) is 0 Å². The summed E-state index contributed by atoms with van der Waals surface area (Å²) in [5.41, 5.74) is 3.40. The molecule has 2 aromatic rings. The van der Waals surface area contributed by atoms with E-state index < -0.39 is 0 Å². The molecule has 0 aliphatic carbocycles. The molecule has 2 aromatic carbocycles. The zero-order chi connectivity index (χ0) is 18.8. The fourth-order valence-corrected chi connectivity index (χ4v) is 3.83. The van der Waals surface area contributed by atoms with Crippen molar-refractivity contribution in [1.82, 2.24) is 0 Å². The van der Waals surface area contributed by atoms with Gasteiger partial charge in [-0.05, 0) is 48.7 Å². The molecule has 3 rings (SSSR count). The summed E-state index contributed by atoms with van der Waals surface area (Å²) in [6.45, 7) is 3.71. The topological polar surface area (TPSA) is 57.6 Å². The van der Waals surface area contributed by atoms with Crippen LogP contribution in [-0.2, 0) is 9.59 Å². The number of thioether (sulfide) groups is 1. The lowest BCUT2D eigenvalue weighted by molar-refractivity contribution is -0.119. The zero-order valence-electron chi connectivity index (χ0n) is 14.5. The third-order valence-corrected chi connectivity index (χ3v) is 5.42. The van der Waals surface area contributed by atoms with Crippen LogP contribution in [0.4, 0.5) is 5.69 Å². The van der Waals surface area contributed by atoms with Crippen LogP contribution in [0.15, 0.2) is 47.4 Å². The van der Waals surface area contributed by atoms with E-state index in [-0.39, 0.29) is 18.4 Å². The van der Waals surface area contributed by atoms with E-state index in [4.69, 9.17) is 16.7 Å². The number of imide groups is 1. The van der Waals surface area contributed by atoms with Crippen molar-refractivity contribution in [3.8, 4) is 0 Å². The van der Waals surface area contributed by atoms with Crippen molar-refractivity contribution < 1.29 is 14.7 Å². The predicted molar refractivity (Wildman–Crippen MR) is 106 cm³/mol. The van der Waals surface area contributed by atoms with E-state index in [2.05, 4.69) is 0 Å². The highest BCUT2D eigenvalue weighted by atomic mass is 35.5. The maximum atomic E-state index is 13.2. The number of nitrogens with zero attached hydrogens (tertiary/aromatic N) is 1. The molecule has 1 aliphatic rings. The normalized spacial score (nSPS) is 14.5. The van der Waals surface area contributed by atoms with Gasteiger partial charge in [0.2, 0.25) is 0 Å². The monoisotopic (exact) mass is 387 g/mol. The Kier molecular flexibility index (Phi) is 5.51. The Bertz CT molecular complexity index is 906. The van der Waals surface area contributed by atoms with Crippen LogP contribution in [0, 0.1) is 13.8 Å². The number of aryl methyl sites for hydroxylation is 2. The first kappa shape index (κ1) is 18.7. The highest BCUT2D eigenvalue weighted by Crippen LogP contribution is 2.39. The van der Waals surface area contributed by atoms with Crippen LogP contribution in [0.1, 0.15) is 16.7 Å². The quantitative estimate of drug-likeness (QED) is 0.789. The lowest BCUT2D eigenvalue weighted by Crippen LogP contribution is -2.32. The number of rotatable bonds is 5. The average Bonchev–Trinajstić information content (AvgIpc) is 2.86. The first-order valence-electron chi connectivity index (χ1n) is 8.14. The molecule has 2 amide bonds. The lowest BCUT2D eigenvalue weighted by Gasteiger charge is -2.18. The lowest BCUT2D eigenvalue weighted by atomic mass is 10.1. The fraction of sp³-hybridized carbons (Fsp3) is 0.200. The number of hydrogen-bond donors (Lipinski definition) is 1. The van der Waals surface area contributed by atoms with Gasteiger partial charge in [-0.25, -0.2) is 4.90 Å². The third kappa shape index (κ3) is 3.43. The number of amides is 2. The zero-order valence-corrected chi connectivity index (χ0v) is 16.0. The number of aliphatic hydroxyl groups excluding tert-OH is 1. The Labute approximate surface area is 161 Å². The van der Waals surface area contributed by atoms with Crippen LogP contribution < -0.4 is 4.90 Å². The SMILES string of the molecule is Cc1ccc(C)c(N2C(=O)C(SCCO)=C(c3ccc(Cl)cc3)C2=O)c1. The molecule has 1 N–H and O–H groups in total. The van der Waals surface area contributed by atoms with E-state index in [9.17, 15) is 9.59 Å².